The van der Waals surface area contributed by atoms with Crippen LogP contribution in [-0.4, -0.2) is 23.4 Å². The van der Waals surface area contributed by atoms with Gasteiger partial charge in [-0.2, -0.15) is 0 Å². The number of nitrogens with zero attached hydrogens (tertiary/aromatic N) is 1. The van der Waals surface area contributed by atoms with Gasteiger partial charge in [0.25, 0.3) is 5.91 Å². The molecule has 0 fully saturated rings. The van der Waals surface area contributed by atoms with E-state index >= 15 is 0 Å². The highest BCUT2D eigenvalue weighted by molar-refractivity contribution is 6.23. The number of rotatable bonds is 6. The van der Waals surface area contributed by atoms with Crippen LogP contribution in [0.3, 0.4) is 0 Å². The fourth-order valence-corrected chi connectivity index (χ4v) is 4.29. The highest BCUT2D eigenvalue weighted by Gasteiger charge is 2.20. The van der Waals surface area contributed by atoms with Crippen LogP contribution < -0.4 is 10.5 Å². The second-order valence-electron chi connectivity index (χ2n) is 7.51. The summed E-state index contributed by atoms with van der Waals surface area (Å²) in [7, 11) is 0. The van der Waals surface area contributed by atoms with Crippen LogP contribution in [0.2, 0.25) is 0 Å². The number of primary amides is 1. The van der Waals surface area contributed by atoms with E-state index < -0.39 is 5.91 Å². The minimum Gasteiger partial charge on any atom is -0.483 e. The van der Waals surface area contributed by atoms with Crippen molar-refractivity contribution in [3.8, 4) is 5.75 Å². The van der Waals surface area contributed by atoms with E-state index in [-0.39, 0.29) is 6.61 Å². The van der Waals surface area contributed by atoms with E-state index in [1.807, 2.05) is 54.6 Å². The van der Waals surface area contributed by atoms with Crippen molar-refractivity contribution >= 4 is 44.8 Å². The molecular formula is C26H20N2O3. The van der Waals surface area contributed by atoms with Gasteiger partial charge in [-0.3, -0.25) is 9.59 Å². The molecule has 0 bridgehead atoms. The van der Waals surface area contributed by atoms with Crippen LogP contribution in [0.1, 0.15) is 15.9 Å². The average molecular weight is 408 g/mol. The molecule has 5 heteroatoms. The number of fused-ring (bicyclic) bond motifs is 5. The summed E-state index contributed by atoms with van der Waals surface area (Å²) < 4.78 is 8.07. The summed E-state index contributed by atoms with van der Waals surface area (Å²) in [5, 5.41) is 3.66. The van der Waals surface area contributed by atoms with Crippen molar-refractivity contribution in [1.29, 1.82) is 0 Å². The lowest BCUT2D eigenvalue weighted by molar-refractivity contribution is -0.119. The summed E-state index contributed by atoms with van der Waals surface area (Å²) in [6, 6.07) is 25.8. The molecule has 5 rings (SSSR count). The summed E-state index contributed by atoms with van der Waals surface area (Å²) >= 11 is 0. The molecule has 0 radical (unpaired) electrons. The van der Waals surface area contributed by atoms with Crippen molar-refractivity contribution in [2.75, 3.05) is 6.61 Å². The molecule has 4 aromatic carbocycles. The Labute approximate surface area is 178 Å². The Hall–Kier alpha value is -4.12. The summed E-state index contributed by atoms with van der Waals surface area (Å²) in [4.78, 5) is 23.4. The quantitative estimate of drug-likeness (QED) is 0.415. The maximum Gasteiger partial charge on any atom is 0.255 e. The fourth-order valence-electron chi connectivity index (χ4n) is 4.29. The number of aldehydes is 1. The smallest absolute Gasteiger partial charge is 0.255 e. The Kier molecular flexibility index (Phi) is 4.64. The molecule has 152 valence electrons. The van der Waals surface area contributed by atoms with Crippen LogP contribution in [0.4, 0.5) is 0 Å². The van der Waals surface area contributed by atoms with Gasteiger partial charge in [0.1, 0.15) is 5.75 Å². The number of carbonyl (C=O) groups excluding carboxylic acids is 2. The standard InChI is InChI=1S/C26H20N2O3/c27-23(30)16-31-22-13-18-9-4-5-11-20(18)26-25(22)24-19(15-29)10-6-12-21(24)28(26)14-17-7-2-1-3-8-17/h1-13,15H,14,16H2,(H2,27,30). The number of benzene rings is 4. The Balaban J connectivity index is 1.94. The maximum atomic E-state index is 11.9. The van der Waals surface area contributed by atoms with Crippen LogP contribution in [0.15, 0.2) is 78.9 Å². The van der Waals surface area contributed by atoms with Gasteiger partial charge in [-0.05, 0) is 23.1 Å². The molecule has 1 heterocycles. The SMILES string of the molecule is NC(=O)COc1cc2ccccc2c2c1c1c(C=O)cccc1n2Cc1ccccc1. The van der Waals surface area contributed by atoms with Gasteiger partial charge in [-0.15, -0.1) is 0 Å². The predicted octanol–water partition coefficient (Wildman–Crippen LogP) is 4.67. The van der Waals surface area contributed by atoms with Gasteiger partial charge in [0, 0.05) is 22.9 Å². The molecule has 5 aromatic rings. The van der Waals surface area contributed by atoms with E-state index in [1.165, 1.54) is 0 Å². The zero-order valence-corrected chi connectivity index (χ0v) is 16.7. The number of carbonyl (C=O) groups is 2. The summed E-state index contributed by atoms with van der Waals surface area (Å²) in [5.41, 5.74) is 8.97. The zero-order chi connectivity index (χ0) is 21.4. The van der Waals surface area contributed by atoms with Crippen molar-refractivity contribution in [3.63, 3.8) is 0 Å². The van der Waals surface area contributed by atoms with Crippen molar-refractivity contribution in [2.45, 2.75) is 6.54 Å². The lowest BCUT2D eigenvalue weighted by atomic mass is 10.0. The van der Waals surface area contributed by atoms with E-state index in [9.17, 15) is 9.59 Å². The Morgan fingerprint density at radius 1 is 0.935 bits per heavy atom. The first-order chi connectivity index (χ1) is 15.2. The second-order valence-corrected chi connectivity index (χ2v) is 7.51. The van der Waals surface area contributed by atoms with E-state index in [0.29, 0.717) is 17.9 Å². The van der Waals surface area contributed by atoms with Gasteiger partial charge in [0.15, 0.2) is 12.9 Å². The summed E-state index contributed by atoms with van der Waals surface area (Å²) in [5.74, 6) is -0.0106. The van der Waals surface area contributed by atoms with E-state index in [1.54, 1.807) is 6.07 Å². The number of nitrogens with two attached hydrogens (primary N) is 1. The van der Waals surface area contributed by atoms with Crippen LogP contribution in [-0.2, 0) is 11.3 Å². The molecule has 1 amide bonds. The van der Waals surface area contributed by atoms with Crippen molar-refractivity contribution < 1.29 is 14.3 Å². The number of hydrogen-bond acceptors (Lipinski definition) is 3. The van der Waals surface area contributed by atoms with Crippen LogP contribution in [0, 0.1) is 0 Å². The molecule has 2 N–H and O–H groups in total. The highest BCUT2D eigenvalue weighted by atomic mass is 16.5. The fraction of sp³-hybridized carbons (Fsp3) is 0.0769. The lowest BCUT2D eigenvalue weighted by Gasteiger charge is -2.12. The van der Waals surface area contributed by atoms with Crippen molar-refractivity contribution in [1.82, 2.24) is 4.57 Å². The molecule has 5 nitrogen and oxygen atoms in total. The van der Waals surface area contributed by atoms with Crippen molar-refractivity contribution in [2.24, 2.45) is 5.73 Å². The molecule has 0 unspecified atom stereocenters. The first-order valence-electron chi connectivity index (χ1n) is 10.0. The Morgan fingerprint density at radius 2 is 1.71 bits per heavy atom. The Morgan fingerprint density at radius 3 is 2.48 bits per heavy atom. The van der Waals surface area contributed by atoms with Gasteiger partial charge >= 0.3 is 0 Å². The van der Waals surface area contributed by atoms with Gasteiger partial charge in [0.05, 0.1) is 16.4 Å². The third-order valence-corrected chi connectivity index (χ3v) is 5.55. The number of ether oxygens (including phenoxy) is 1. The Bertz CT molecular complexity index is 1450. The van der Waals surface area contributed by atoms with Gasteiger partial charge in [-0.25, -0.2) is 0 Å². The predicted molar refractivity (Wildman–Crippen MR) is 123 cm³/mol. The second kappa shape index (κ2) is 7.61. The highest BCUT2D eigenvalue weighted by Crippen LogP contribution is 2.42. The van der Waals surface area contributed by atoms with Gasteiger partial charge in [-0.1, -0.05) is 66.7 Å². The minimum atomic E-state index is -0.551. The maximum absolute atomic E-state index is 11.9. The van der Waals surface area contributed by atoms with Gasteiger partial charge < -0.3 is 15.0 Å². The molecule has 31 heavy (non-hydrogen) atoms. The molecule has 0 aliphatic heterocycles. The minimum absolute atomic E-state index is 0.234. The number of amides is 1. The first-order valence-corrected chi connectivity index (χ1v) is 10.0. The molecule has 0 spiro atoms. The van der Waals surface area contributed by atoms with Crippen LogP contribution in [0.25, 0.3) is 32.6 Å². The molecular weight excluding hydrogens is 388 g/mol. The normalized spacial score (nSPS) is 11.2. The third-order valence-electron chi connectivity index (χ3n) is 5.55. The zero-order valence-electron chi connectivity index (χ0n) is 16.7. The molecule has 0 aliphatic rings. The molecule has 1 aromatic heterocycles. The van der Waals surface area contributed by atoms with E-state index in [4.69, 9.17) is 10.5 Å². The monoisotopic (exact) mass is 408 g/mol. The lowest BCUT2D eigenvalue weighted by Crippen LogP contribution is -2.20. The molecule has 0 atom stereocenters. The number of aromatic nitrogens is 1. The third kappa shape index (κ3) is 3.20. The largest absolute Gasteiger partial charge is 0.483 e. The summed E-state index contributed by atoms with van der Waals surface area (Å²) in [6.07, 6.45) is 0.863. The topological polar surface area (TPSA) is 74.3 Å². The van der Waals surface area contributed by atoms with Gasteiger partial charge in [0.2, 0.25) is 0 Å². The molecule has 0 aliphatic carbocycles. The van der Waals surface area contributed by atoms with Crippen LogP contribution >= 0.6 is 0 Å². The molecule has 0 saturated carbocycles. The van der Waals surface area contributed by atoms with E-state index in [2.05, 4.69) is 22.8 Å². The van der Waals surface area contributed by atoms with Crippen LogP contribution in [0.5, 0.6) is 5.75 Å². The van der Waals surface area contributed by atoms with Crippen molar-refractivity contribution in [3.05, 3.63) is 90.0 Å². The first kappa shape index (κ1) is 18.9. The number of hydrogen-bond donors (Lipinski definition) is 1. The molecule has 0 saturated heterocycles. The van der Waals surface area contributed by atoms with E-state index in [0.717, 1.165) is 44.4 Å². The average Bonchev–Trinajstić information content (AvgIpc) is 3.13. The summed E-state index contributed by atoms with van der Waals surface area (Å²) in [6.45, 7) is 0.397.